The summed E-state index contributed by atoms with van der Waals surface area (Å²) in [6.07, 6.45) is 1.29. The van der Waals surface area contributed by atoms with Crippen LogP contribution in [0, 0.1) is 0 Å². The third kappa shape index (κ3) is 4.82. The number of nitrogens with zero attached hydrogens (tertiary/aromatic N) is 2. The standard InChI is InChI=1S/C18H27N3O4S/c1-13(2)20-9-10-21(16(12-20)18(23)19-3)17(22)11-14-5-7-15(8-6-14)26(4,24)25/h5-8,13,16H,9-12H2,1-4H3,(H,19,23)/t16-/m1/s1. The van der Waals surface area contributed by atoms with E-state index in [-0.39, 0.29) is 23.1 Å². The van der Waals surface area contributed by atoms with Crippen LogP contribution in [0.5, 0.6) is 0 Å². The summed E-state index contributed by atoms with van der Waals surface area (Å²) in [6.45, 7) is 5.87. The van der Waals surface area contributed by atoms with Gasteiger partial charge >= 0.3 is 0 Å². The molecule has 2 amide bonds. The van der Waals surface area contributed by atoms with E-state index in [4.69, 9.17) is 0 Å². The molecule has 1 saturated heterocycles. The van der Waals surface area contributed by atoms with Gasteiger partial charge in [-0.05, 0) is 31.5 Å². The maximum Gasteiger partial charge on any atom is 0.243 e. The second kappa shape index (κ2) is 8.18. The first-order valence-corrected chi connectivity index (χ1v) is 10.6. The van der Waals surface area contributed by atoms with E-state index in [1.165, 1.54) is 12.1 Å². The lowest BCUT2D eigenvalue weighted by molar-refractivity contribution is -0.143. The van der Waals surface area contributed by atoms with E-state index in [9.17, 15) is 18.0 Å². The van der Waals surface area contributed by atoms with Crippen molar-refractivity contribution in [2.45, 2.75) is 37.2 Å². The number of nitrogens with one attached hydrogen (secondary N) is 1. The average Bonchev–Trinajstić information content (AvgIpc) is 2.60. The Morgan fingerprint density at radius 3 is 2.31 bits per heavy atom. The van der Waals surface area contributed by atoms with Crippen molar-refractivity contribution in [1.29, 1.82) is 0 Å². The molecule has 0 unspecified atom stereocenters. The molecule has 144 valence electrons. The number of rotatable bonds is 5. The lowest BCUT2D eigenvalue weighted by Crippen LogP contribution is -2.61. The minimum atomic E-state index is -3.26. The zero-order valence-corrected chi connectivity index (χ0v) is 16.5. The first-order chi connectivity index (χ1) is 12.1. The minimum absolute atomic E-state index is 0.130. The fraction of sp³-hybridized carbons (Fsp3) is 0.556. The zero-order chi connectivity index (χ0) is 19.5. The molecule has 1 N–H and O–H groups in total. The molecule has 1 aromatic carbocycles. The van der Waals surface area contributed by atoms with Crippen LogP contribution < -0.4 is 5.32 Å². The van der Waals surface area contributed by atoms with Crippen LogP contribution in [0.1, 0.15) is 19.4 Å². The van der Waals surface area contributed by atoms with Gasteiger partial charge in [-0.3, -0.25) is 14.5 Å². The van der Waals surface area contributed by atoms with Crippen molar-refractivity contribution < 1.29 is 18.0 Å². The molecular weight excluding hydrogens is 354 g/mol. The predicted molar refractivity (Wildman–Crippen MR) is 99.5 cm³/mol. The quantitative estimate of drug-likeness (QED) is 0.793. The molecule has 2 rings (SSSR count). The molecule has 1 aliphatic rings. The molecule has 7 nitrogen and oxygen atoms in total. The number of hydrogen-bond donors (Lipinski definition) is 1. The number of hydrogen-bond acceptors (Lipinski definition) is 5. The first kappa shape index (κ1) is 20.4. The molecule has 0 radical (unpaired) electrons. The Kier molecular flexibility index (Phi) is 6.41. The second-order valence-corrected chi connectivity index (χ2v) is 8.91. The highest BCUT2D eigenvalue weighted by atomic mass is 32.2. The number of piperazine rings is 1. The van der Waals surface area contributed by atoms with Gasteiger partial charge in [0.05, 0.1) is 11.3 Å². The Hall–Kier alpha value is -1.93. The summed E-state index contributed by atoms with van der Waals surface area (Å²) in [5.74, 6) is -0.301. The van der Waals surface area contributed by atoms with Crippen molar-refractivity contribution >= 4 is 21.7 Å². The number of carbonyl (C=O) groups is 2. The van der Waals surface area contributed by atoms with E-state index < -0.39 is 15.9 Å². The molecular formula is C18H27N3O4S. The van der Waals surface area contributed by atoms with Crippen LogP contribution in [0.15, 0.2) is 29.2 Å². The Morgan fingerprint density at radius 2 is 1.81 bits per heavy atom. The van der Waals surface area contributed by atoms with Gasteiger partial charge in [-0.2, -0.15) is 0 Å². The molecule has 1 atom stereocenters. The molecule has 8 heteroatoms. The van der Waals surface area contributed by atoms with Gasteiger partial charge in [0, 0.05) is 39.0 Å². The van der Waals surface area contributed by atoms with Crippen molar-refractivity contribution in [2.75, 3.05) is 32.9 Å². The van der Waals surface area contributed by atoms with Gasteiger partial charge in [0.2, 0.25) is 11.8 Å². The summed E-state index contributed by atoms with van der Waals surface area (Å²) in [7, 11) is -1.69. The topological polar surface area (TPSA) is 86.8 Å². The predicted octanol–water partition coefficient (Wildman–Crippen LogP) is 0.300. The number of amides is 2. The maximum atomic E-state index is 12.8. The molecule has 1 aliphatic heterocycles. The Morgan fingerprint density at radius 1 is 1.19 bits per heavy atom. The van der Waals surface area contributed by atoms with E-state index in [2.05, 4.69) is 24.1 Å². The zero-order valence-electron chi connectivity index (χ0n) is 15.7. The van der Waals surface area contributed by atoms with Crippen molar-refractivity contribution in [3.63, 3.8) is 0 Å². The van der Waals surface area contributed by atoms with Crippen LogP contribution >= 0.6 is 0 Å². The molecule has 26 heavy (non-hydrogen) atoms. The van der Waals surface area contributed by atoms with Crippen LogP contribution in [0.25, 0.3) is 0 Å². The molecule has 1 fully saturated rings. The first-order valence-electron chi connectivity index (χ1n) is 8.67. The van der Waals surface area contributed by atoms with E-state index in [1.807, 2.05) is 0 Å². The van der Waals surface area contributed by atoms with Crippen molar-refractivity contribution in [3.05, 3.63) is 29.8 Å². The van der Waals surface area contributed by atoms with Crippen LogP contribution in [0.3, 0.4) is 0 Å². The summed E-state index contributed by atoms with van der Waals surface area (Å²) in [5.41, 5.74) is 0.726. The Bertz CT molecular complexity index is 759. The number of carbonyl (C=O) groups excluding carboxylic acids is 2. The largest absolute Gasteiger partial charge is 0.357 e. The summed E-state index contributed by atoms with van der Waals surface area (Å²) in [4.78, 5) is 29.1. The van der Waals surface area contributed by atoms with Gasteiger partial charge in [-0.15, -0.1) is 0 Å². The summed E-state index contributed by atoms with van der Waals surface area (Å²) in [6, 6.07) is 6.10. The van der Waals surface area contributed by atoms with E-state index in [0.29, 0.717) is 19.1 Å². The Labute approximate surface area is 155 Å². The normalized spacial score (nSPS) is 18.8. The highest BCUT2D eigenvalue weighted by molar-refractivity contribution is 7.90. The fourth-order valence-corrected chi connectivity index (χ4v) is 3.72. The lowest BCUT2D eigenvalue weighted by Gasteiger charge is -2.42. The van der Waals surface area contributed by atoms with Gasteiger partial charge in [-0.1, -0.05) is 12.1 Å². The number of likely N-dealkylation sites (N-methyl/N-ethyl adjacent to an activating group) is 1. The molecule has 0 aromatic heterocycles. The maximum absolute atomic E-state index is 12.8. The van der Waals surface area contributed by atoms with E-state index in [1.54, 1.807) is 24.1 Å². The SMILES string of the molecule is CNC(=O)[C@H]1CN(C(C)C)CCN1C(=O)Cc1ccc(S(C)(=O)=O)cc1. The third-order valence-corrected chi connectivity index (χ3v) is 5.85. The van der Waals surface area contributed by atoms with Crippen LogP contribution in [0.4, 0.5) is 0 Å². The van der Waals surface area contributed by atoms with Crippen molar-refractivity contribution in [2.24, 2.45) is 0 Å². The Balaban J connectivity index is 2.12. The molecule has 0 saturated carbocycles. The highest BCUT2D eigenvalue weighted by Gasteiger charge is 2.35. The second-order valence-electron chi connectivity index (χ2n) is 6.90. The van der Waals surface area contributed by atoms with Gasteiger partial charge in [0.15, 0.2) is 9.84 Å². The summed E-state index contributed by atoms with van der Waals surface area (Å²) >= 11 is 0. The third-order valence-electron chi connectivity index (χ3n) is 4.72. The average molecular weight is 381 g/mol. The molecule has 0 bridgehead atoms. The lowest BCUT2D eigenvalue weighted by atomic mass is 10.1. The van der Waals surface area contributed by atoms with Crippen molar-refractivity contribution in [3.8, 4) is 0 Å². The molecule has 1 aromatic rings. The summed E-state index contributed by atoms with van der Waals surface area (Å²) < 4.78 is 23.1. The summed E-state index contributed by atoms with van der Waals surface area (Å²) in [5, 5.41) is 2.64. The van der Waals surface area contributed by atoms with Gasteiger partial charge in [-0.25, -0.2) is 8.42 Å². The van der Waals surface area contributed by atoms with E-state index in [0.717, 1.165) is 18.4 Å². The molecule has 0 aliphatic carbocycles. The van der Waals surface area contributed by atoms with Gasteiger partial charge < -0.3 is 10.2 Å². The van der Waals surface area contributed by atoms with Crippen LogP contribution in [-0.2, 0) is 25.8 Å². The van der Waals surface area contributed by atoms with Crippen molar-refractivity contribution in [1.82, 2.24) is 15.1 Å². The number of sulfone groups is 1. The minimum Gasteiger partial charge on any atom is -0.357 e. The van der Waals surface area contributed by atoms with Crippen LogP contribution in [0.2, 0.25) is 0 Å². The highest BCUT2D eigenvalue weighted by Crippen LogP contribution is 2.16. The van der Waals surface area contributed by atoms with Gasteiger partial charge in [0.1, 0.15) is 6.04 Å². The smallest absolute Gasteiger partial charge is 0.243 e. The fourth-order valence-electron chi connectivity index (χ4n) is 3.09. The molecule has 0 spiro atoms. The van der Waals surface area contributed by atoms with E-state index >= 15 is 0 Å². The van der Waals surface area contributed by atoms with Crippen LogP contribution in [-0.4, -0.2) is 75.1 Å². The number of benzene rings is 1. The molecule has 1 heterocycles. The monoisotopic (exact) mass is 381 g/mol. The van der Waals surface area contributed by atoms with Gasteiger partial charge in [0.25, 0.3) is 0 Å².